The summed E-state index contributed by atoms with van der Waals surface area (Å²) >= 11 is 0. The molecule has 2 rings (SSSR count). The van der Waals surface area contributed by atoms with Crippen LogP contribution in [-0.4, -0.2) is 28.8 Å². The van der Waals surface area contributed by atoms with Crippen LogP contribution in [0.1, 0.15) is 29.6 Å². The van der Waals surface area contributed by atoms with Gasteiger partial charge in [-0.15, -0.1) is 0 Å². The summed E-state index contributed by atoms with van der Waals surface area (Å²) in [4.78, 5) is 31.2. The first-order chi connectivity index (χ1) is 9.06. The maximum Gasteiger partial charge on any atom is 0.335 e. The highest BCUT2D eigenvalue weighted by Gasteiger charge is 2.23. The molecule has 0 heterocycles. The minimum atomic E-state index is -0.879. The minimum Gasteiger partial charge on any atom is -0.478 e. The predicted octanol–water partition coefficient (Wildman–Crippen LogP) is 1.21. The van der Waals surface area contributed by atoms with Crippen molar-refractivity contribution >= 4 is 17.7 Å². The molecule has 1 aromatic rings. The van der Waals surface area contributed by atoms with E-state index in [1.807, 2.05) is 0 Å². The Bertz CT molecular complexity index is 503. The highest BCUT2D eigenvalue weighted by Crippen LogP contribution is 2.16. The van der Waals surface area contributed by atoms with Gasteiger partial charge in [-0.3, -0.25) is 4.79 Å². The third-order valence-corrected chi connectivity index (χ3v) is 2.74. The number of rotatable bonds is 1. The van der Waals surface area contributed by atoms with Gasteiger partial charge in [0, 0.05) is 12.0 Å². The van der Waals surface area contributed by atoms with E-state index in [2.05, 4.69) is 0 Å². The molecule has 1 unspecified atom stereocenters. The normalized spacial score (nSPS) is 18.1. The van der Waals surface area contributed by atoms with Crippen molar-refractivity contribution in [3.8, 4) is 0 Å². The first kappa shape index (κ1) is 14.8. The molecule has 1 saturated carbocycles. The largest absolute Gasteiger partial charge is 0.478 e. The molecule has 0 saturated heterocycles. The number of carbonyl (C=O) groups is 2. The second-order valence-electron chi connectivity index (χ2n) is 4.10. The average Bonchev–Trinajstić information content (AvgIpc) is 2.43. The fraction of sp³-hybridized carbons (Fsp3) is 0.286. The molecule has 19 heavy (non-hydrogen) atoms. The zero-order valence-corrected chi connectivity index (χ0v) is 10.3. The van der Waals surface area contributed by atoms with E-state index in [0.717, 1.165) is 6.42 Å². The van der Waals surface area contributed by atoms with Gasteiger partial charge in [0.15, 0.2) is 5.78 Å². The molecule has 1 fully saturated rings. The van der Waals surface area contributed by atoms with Crippen molar-refractivity contribution in [1.82, 2.24) is 0 Å². The third-order valence-electron chi connectivity index (χ3n) is 2.74. The molecule has 0 aromatic heterocycles. The fourth-order valence-corrected chi connectivity index (χ4v) is 1.65. The van der Waals surface area contributed by atoms with Crippen molar-refractivity contribution in [2.75, 3.05) is 0 Å². The van der Waals surface area contributed by atoms with Crippen LogP contribution in [0.25, 0.3) is 0 Å². The van der Waals surface area contributed by atoms with E-state index < -0.39 is 12.0 Å². The number of benzene rings is 1. The molecule has 0 aliphatic heterocycles. The van der Waals surface area contributed by atoms with Gasteiger partial charge in [0.1, 0.15) is 5.94 Å². The highest BCUT2D eigenvalue weighted by molar-refractivity contribution is 5.90. The summed E-state index contributed by atoms with van der Waals surface area (Å²) in [6, 6.07) is 7.63. The Labute approximate surface area is 110 Å². The lowest BCUT2D eigenvalue weighted by Gasteiger charge is -2.16. The highest BCUT2D eigenvalue weighted by atomic mass is 16.4. The summed E-state index contributed by atoms with van der Waals surface area (Å²) < 4.78 is 0. The van der Waals surface area contributed by atoms with E-state index in [1.54, 1.807) is 36.3 Å². The number of nitrogens with two attached hydrogens (primary N) is 1. The second kappa shape index (κ2) is 7.26. The first-order valence-corrected chi connectivity index (χ1v) is 5.86. The van der Waals surface area contributed by atoms with E-state index in [-0.39, 0.29) is 5.78 Å². The molecule has 5 nitrogen and oxygen atoms in total. The van der Waals surface area contributed by atoms with Crippen LogP contribution in [-0.2, 0) is 9.59 Å². The Kier molecular flexibility index (Phi) is 5.67. The fourth-order valence-electron chi connectivity index (χ4n) is 1.65. The van der Waals surface area contributed by atoms with Crippen LogP contribution in [0, 0.1) is 0 Å². The Morgan fingerprint density at radius 1 is 1.26 bits per heavy atom. The van der Waals surface area contributed by atoms with Crippen molar-refractivity contribution in [2.45, 2.75) is 25.3 Å². The third kappa shape index (κ3) is 4.50. The number of carboxylic acid groups (broad SMARTS) is 1. The number of carbonyl (C=O) groups excluding carboxylic acids is 2. The van der Waals surface area contributed by atoms with E-state index in [0.29, 0.717) is 24.0 Å². The standard InChI is InChI=1S/C7H9NO2.C7H6O2/c8-7-5(4-9)2-1-3-6(7)10;8-7(9)6-4-2-1-3-5-6/h7H,1-3,8H2;1-5H,(H,8,9). The number of hydrogen-bond acceptors (Lipinski definition) is 4. The van der Waals surface area contributed by atoms with Crippen molar-refractivity contribution < 1.29 is 19.5 Å². The van der Waals surface area contributed by atoms with Crippen molar-refractivity contribution in [3.63, 3.8) is 0 Å². The summed E-state index contributed by atoms with van der Waals surface area (Å²) in [5.74, 6) is 0.788. The van der Waals surface area contributed by atoms with Crippen LogP contribution in [0.2, 0.25) is 0 Å². The van der Waals surface area contributed by atoms with Crippen LogP contribution in [0.4, 0.5) is 0 Å². The Morgan fingerprint density at radius 3 is 2.32 bits per heavy atom. The molecular weight excluding hydrogens is 246 g/mol. The van der Waals surface area contributed by atoms with Crippen LogP contribution < -0.4 is 5.73 Å². The molecule has 100 valence electrons. The molecule has 0 bridgehead atoms. The van der Waals surface area contributed by atoms with Crippen LogP contribution in [0.5, 0.6) is 0 Å². The SMILES string of the molecule is NC1C(=O)CCCC1=C=O.O=C(O)c1ccccc1. The Hall–Kier alpha value is -2.23. The number of ketones is 1. The zero-order valence-electron chi connectivity index (χ0n) is 10.3. The monoisotopic (exact) mass is 261 g/mol. The molecule has 5 heteroatoms. The summed E-state index contributed by atoms with van der Waals surface area (Å²) in [6.45, 7) is 0. The number of Topliss-reactive ketones (excluding diaryl/α,β-unsaturated/α-hetero) is 1. The van der Waals surface area contributed by atoms with Gasteiger partial charge in [-0.25, -0.2) is 9.59 Å². The van der Waals surface area contributed by atoms with Gasteiger partial charge in [0.25, 0.3) is 0 Å². The van der Waals surface area contributed by atoms with Gasteiger partial charge in [-0.05, 0) is 25.0 Å². The van der Waals surface area contributed by atoms with Crippen LogP contribution in [0.15, 0.2) is 35.9 Å². The maximum absolute atomic E-state index is 10.8. The Morgan fingerprint density at radius 2 is 1.89 bits per heavy atom. The number of carboxylic acids is 1. The van der Waals surface area contributed by atoms with Gasteiger partial charge in [-0.2, -0.15) is 0 Å². The lowest BCUT2D eigenvalue weighted by atomic mass is 9.91. The van der Waals surface area contributed by atoms with Gasteiger partial charge >= 0.3 is 5.97 Å². The quantitative estimate of drug-likeness (QED) is 0.740. The number of aromatic carboxylic acids is 1. The van der Waals surface area contributed by atoms with E-state index in [9.17, 15) is 14.4 Å². The van der Waals surface area contributed by atoms with Crippen molar-refractivity contribution in [3.05, 3.63) is 41.5 Å². The molecule has 0 spiro atoms. The predicted molar refractivity (Wildman–Crippen MR) is 69.4 cm³/mol. The summed E-state index contributed by atoms with van der Waals surface area (Å²) in [5.41, 5.74) is 6.14. The molecule has 1 aromatic carbocycles. The van der Waals surface area contributed by atoms with Crippen LogP contribution >= 0.6 is 0 Å². The molecule has 3 N–H and O–H groups in total. The Balaban J connectivity index is 0.000000191. The molecular formula is C14H15NO4. The van der Waals surface area contributed by atoms with E-state index >= 15 is 0 Å². The van der Waals surface area contributed by atoms with Gasteiger partial charge < -0.3 is 10.8 Å². The molecule has 1 aliphatic carbocycles. The van der Waals surface area contributed by atoms with Gasteiger partial charge in [0.05, 0.1) is 11.6 Å². The molecule has 1 aliphatic rings. The molecule has 1 atom stereocenters. The maximum atomic E-state index is 10.8. The van der Waals surface area contributed by atoms with Gasteiger partial charge in [0.2, 0.25) is 0 Å². The van der Waals surface area contributed by atoms with E-state index in [4.69, 9.17) is 10.8 Å². The second-order valence-corrected chi connectivity index (χ2v) is 4.10. The smallest absolute Gasteiger partial charge is 0.335 e. The zero-order chi connectivity index (χ0) is 14.3. The first-order valence-electron chi connectivity index (χ1n) is 5.86. The van der Waals surface area contributed by atoms with Crippen molar-refractivity contribution in [2.24, 2.45) is 5.73 Å². The number of hydrogen-bond donors (Lipinski definition) is 2. The molecule has 0 amide bonds. The van der Waals surface area contributed by atoms with Crippen LogP contribution in [0.3, 0.4) is 0 Å². The topological polar surface area (TPSA) is 97.5 Å². The summed E-state index contributed by atoms with van der Waals surface area (Å²) in [7, 11) is 0. The summed E-state index contributed by atoms with van der Waals surface area (Å²) in [6.07, 6.45) is 1.89. The minimum absolute atomic E-state index is 0.0374. The van der Waals surface area contributed by atoms with Crippen molar-refractivity contribution in [1.29, 1.82) is 0 Å². The summed E-state index contributed by atoms with van der Waals surface area (Å²) in [5, 5.41) is 8.38. The lowest BCUT2D eigenvalue weighted by Crippen LogP contribution is -2.35. The van der Waals surface area contributed by atoms with Gasteiger partial charge in [-0.1, -0.05) is 18.2 Å². The lowest BCUT2D eigenvalue weighted by molar-refractivity contribution is -0.120. The van der Waals surface area contributed by atoms with E-state index in [1.165, 1.54) is 0 Å². The molecule has 0 radical (unpaired) electrons. The average molecular weight is 261 g/mol.